The number of hydrogen-bond acceptors (Lipinski definition) is 6. The van der Waals surface area contributed by atoms with Crippen molar-refractivity contribution in [2.75, 3.05) is 23.4 Å². The van der Waals surface area contributed by atoms with E-state index in [4.69, 9.17) is 18.9 Å². The van der Waals surface area contributed by atoms with E-state index in [1.807, 2.05) is 0 Å². The zero-order valence-corrected chi connectivity index (χ0v) is 36.6. The summed E-state index contributed by atoms with van der Waals surface area (Å²) in [5.74, 6) is 3.03. The first-order valence-corrected chi connectivity index (χ1v) is 21.9. The van der Waals surface area contributed by atoms with E-state index < -0.39 is 0 Å². The number of ether oxygens (including phenoxy) is 4. The Labute approximate surface area is 364 Å². The van der Waals surface area contributed by atoms with Gasteiger partial charge in [-0.3, -0.25) is 0 Å². The topological polar surface area (TPSA) is 43.4 Å². The molecule has 5 aliphatic rings. The van der Waals surface area contributed by atoms with Crippen LogP contribution in [0.1, 0.15) is 77.6 Å². The number of benzene rings is 7. The summed E-state index contributed by atoms with van der Waals surface area (Å²) in [6, 6.07) is 47.6. The van der Waals surface area contributed by atoms with Gasteiger partial charge in [0.25, 0.3) is 6.71 Å². The van der Waals surface area contributed by atoms with Crippen LogP contribution in [0.5, 0.6) is 23.0 Å². The second kappa shape index (κ2) is 12.7. The average molecular weight is 813 g/mol. The number of hydrogen-bond donors (Lipinski definition) is 0. The summed E-state index contributed by atoms with van der Waals surface area (Å²) in [4.78, 5) is 4.86. The molecule has 0 amide bonds. The van der Waals surface area contributed by atoms with Gasteiger partial charge in [0.2, 0.25) is 13.6 Å². The third kappa shape index (κ3) is 5.23. The molecule has 12 rings (SSSR count). The molecule has 4 heterocycles. The van der Waals surface area contributed by atoms with Gasteiger partial charge in [0.15, 0.2) is 23.0 Å². The van der Waals surface area contributed by atoms with Gasteiger partial charge in [0.1, 0.15) is 0 Å². The lowest BCUT2D eigenvalue weighted by Crippen LogP contribution is -2.61. The predicted molar refractivity (Wildman–Crippen MR) is 253 cm³/mol. The van der Waals surface area contributed by atoms with Crippen LogP contribution in [0.2, 0.25) is 0 Å². The van der Waals surface area contributed by atoms with Crippen molar-refractivity contribution in [2.24, 2.45) is 0 Å². The van der Waals surface area contributed by atoms with Gasteiger partial charge >= 0.3 is 0 Å². The summed E-state index contributed by atoms with van der Waals surface area (Å²) < 4.78 is 25.2. The van der Waals surface area contributed by atoms with Crippen LogP contribution < -0.4 is 45.1 Å². The standard InChI is InChI=1S/C55H49BN2O4/c1-53(2,3)34-14-18-36(19-15-34)57-44-28-33(32-13-22-39-38-11-9-10-12-40(38)55(7,8)41(39)27-32)29-45-48(44)56(42-23-25-46-51(49(42)57)61-30-59-46)43-24-26-47-52(62-31-60-47)50(43)58(45)37-20-16-35(17-21-37)54(4,5)6/h9-29H,30-31H2,1-8H3. The van der Waals surface area contributed by atoms with Crippen LogP contribution in [0.25, 0.3) is 22.3 Å². The molecule has 0 saturated carbocycles. The fraction of sp³-hybridized carbons (Fsp3) is 0.236. The third-order valence-electron chi connectivity index (χ3n) is 14.0. The van der Waals surface area contributed by atoms with Crippen LogP contribution in [0.3, 0.4) is 0 Å². The normalized spacial score (nSPS) is 15.8. The van der Waals surface area contributed by atoms with Crippen molar-refractivity contribution in [3.8, 4) is 45.3 Å². The molecule has 0 atom stereocenters. The molecule has 0 N–H and O–H groups in total. The van der Waals surface area contributed by atoms with Crippen LogP contribution in [0, 0.1) is 0 Å². The molecule has 62 heavy (non-hydrogen) atoms. The van der Waals surface area contributed by atoms with Gasteiger partial charge in [0.05, 0.1) is 11.4 Å². The van der Waals surface area contributed by atoms with E-state index in [9.17, 15) is 0 Å². The number of fused-ring (bicyclic) bond motifs is 11. The fourth-order valence-corrected chi connectivity index (χ4v) is 10.7. The van der Waals surface area contributed by atoms with Crippen molar-refractivity contribution >= 4 is 57.2 Å². The zero-order chi connectivity index (χ0) is 42.4. The Morgan fingerprint density at radius 1 is 0.500 bits per heavy atom. The molecule has 306 valence electrons. The minimum absolute atomic E-state index is 0.000505. The molecule has 0 fully saturated rings. The van der Waals surface area contributed by atoms with Crippen LogP contribution in [-0.2, 0) is 16.2 Å². The second-order valence-corrected chi connectivity index (χ2v) is 20.0. The predicted octanol–water partition coefficient (Wildman–Crippen LogP) is 11.8. The molecule has 7 aromatic rings. The number of rotatable bonds is 3. The minimum Gasteiger partial charge on any atom is -0.454 e. The lowest BCUT2D eigenvalue weighted by Gasteiger charge is -2.44. The minimum atomic E-state index is -0.148. The highest BCUT2D eigenvalue weighted by molar-refractivity contribution is 7.00. The Balaban J connectivity index is 1.18. The third-order valence-corrected chi connectivity index (χ3v) is 14.0. The van der Waals surface area contributed by atoms with E-state index in [0.717, 1.165) is 73.6 Å². The molecule has 7 heteroatoms. The molecule has 0 radical (unpaired) electrons. The zero-order valence-electron chi connectivity index (χ0n) is 36.6. The van der Waals surface area contributed by atoms with Gasteiger partial charge in [0, 0.05) is 28.2 Å². The Bertz CT molecular complexity index is 2880. The molecule has 0 bridgehead atoms. The van der Waals surface area contributed by atoms with E-state index in [1.54, 1.807) is 0 Å². The first-order chi connectivity index (χ1) is 29.8. The Kier molecular flexibility index (Phi) is 7.64. The first kappa shape index (κ1) is 37.2. The van der Waals surface area contributed by atoms with E-state index in [1.165, 1.54) is 44.4 Å². The van der Waals surface area contributed by atoms with Crippen molar-refractivity contribution in [2.45, 2.75) is 71.6 Å². The monoisotopic (exact) mass is 812 g/mol. The summed E-state index contributed by atoms with van der Waals surface area (Å²) in [6.45, 7) is 18.5. The molecule has 0 unspecified atom stereocenters. The van der Waals surface area contributed by atoms with Crippen molar-refractivity contribution in [1.82, 2.24) is 0 Å². The van der Waals surface area contributed by atoms with Crippen molar-refractivity contribution < 1.29 is 18.9 Å². The molecular formula is C55H49BN2O4. The van der Waals surface area contributed by atoms with Crippen LogP contribution >= 0.6 is 0 Å². The smallest absolute Gasteiger partial charge is 0.252 e. The summed E-state index contributed by atoms with van der Waals surface area (Å²) in [7, 11) is 0. The van der Waals surface area contributed by atoms with Crippen molar-refractivity contribution in [3.63, 3.8) is 0 Å². The maximum atomic E-state index is 6.47. The summed E-state index contributed by atoms with van der Waals surface area (Å²) in [5, 5.41) is 0. The lowest BCUT2D eigenvalue weighted by atomic mass is 9.33. The fourth-order valence-electron chi connectivity index (χ4n) is 10.7. The molecule has 0 aromatic heterocycles. The number of anilines is 6. The Hall–Kier alpha value is -6.60. The highest BCUT2D eigenvalue weighted by atomic mass is 16.7. The van der Waals surface area contributed by atoms with Gasteiger partial charge in [-0.2, -0.15) is 0 Å². The first-order valence-electron chi connectivity index (χ1n) is 21.9. The van der Waals surface area contributed by atoms with Crippen molar-refractivity contribution in [3.05, 3.63) is 150 Å². The molecule has 0 spiro atoms. The SMILES string of the molecule is CC(C)(C)c1ccc(N2c3cc(-c4ccc5c(c4)C(C)(C)c4ccccc4-5)cc4c3B(c3ccc5c(c32)OCO5)c2ccc3c(c2N4c2ccc(C(C)(C)C)cc2)OCO3)cc1. The van der Waals surface area contributed by atoms with Gasteiger partial charge in [-0.05, 0) is 126 Å². The Morgan fingerprint density at radius 3 is 1.52 bits per heavy atom. The van der Waals surface area contributed by atoms with Gasteiger partial charge < -0.3 is 28.7 Å². The van der Waals surface area contributed by atoms with E-state index in [2.05, 4.69) is 193 Å². The maximum absolute atomic E-state index is 6.47. The second-order valence-electron chi connectivity index (χ2n) is 20.0. The van der Waals surface area contributed by atoms with Crippen LogP contribution in [0.15, 0.2) is 127 Å². The van der Waals surface area contributed by atoms with Crippen molar-refractivity contribution in [1.29, 1.82) is 0 Å². The molecule has 6 nitrogen and oxygen atoms in total. The maximum Gasteiger partial charge on any atom is 0.252 e. The van der Waals surface area contributed by atoms with Gasteiger partial charge in [-0.25, -0.2) is 0 Å². The summed E-state index contributed by atoms with van der Waals surface area (Å²) >= 11 is 0. The molecule has 7 aromatic carbocycles. The Morgan fingerprint density at radius 2 is 1.00 bits per heavy atom. The van der Waals surface area contributed by atoms with E-state index in [0.29, 0.717) is 0 Å². The summed E-state index contributed by atoms with van der Waals surface area (Å²) in [6.07, 6.45) is 0. The summed E-state index contributed by atoms with van der Waals surface area (Å²) in [5.41, 5.74) is 19.9. The van der Waals surface area contributed by atoms with Gasteiger partial charge in [-0.15, -0.1) is 0 Å². The quantitative estimate of drug-likeness (QED) is 0.166. The molecule has 1 aliphatic carbocycles. The number of nitrogens with zero attached hydrogens (tertiary/aromatic N) is 2. The molecule has 4 aliphatic heterocycles. The molecular weight excluding hydrogens is 763 g/mol. The largest absolute Gasteiger partial charge is 0.454 e. The van der Waals surface area contributed by atoms with E-state index in [-0.39, 0.29) is 36.5 Å². The highest BCUT2D eigenvalue weighted by Crippen LogP contribution is 2.55. The van der Waals surface area contributed by atoms with Crippen LogP contribution in [-0.4, -0.2) is 20.3 Å². The highest BCUT2D eigenvalue weighted by Gasteiger charge is 2.48. The van der Waals surface area contributed by atoms with Crippen LogP contribution in [0.4, 0.5) is 34.1 Å². The van der Waals surface area contributed by atoms with E-state index >= 15 is 0 Å². The lowest BCUT2D eigenvalue weighted by molar-refractivity contribution is 0.174. The molecule has 0 saturated heterocycles. The average Bonchev–Trinajstić information content (AvgIpc) is 4.00. The van der Waals surface area contributed by atoms with Gasteiger partial charge in [-0.1, -0.05) is 128 Å².